The Bertz CT molecular complexity index is 1230. The zero-order valence-corrected chi connectivity index (χ0v) is 24.9. The van der Waals surface area contributed by atoms with Crippen LogP contribution >= 0.6 is 0 Å². The van der Waals surface area contributed by atoms with Crippen LogP contribution in [0.5, 0.6) is 11.5 Å². The van der Waals surface area contributed by atoms with E-state index in [2.05, 4.69) is 93.6 Å². The summed E-state index contributed by atoms with van der Waals surface area (Å²) in [7, 11) is 1.79. The molecule has 0 amide bonds. The number of fused-ring (bicyclic) bond motifs is 1. The summed E-state index contributed by atoms with van der Waals surface area (Å²) >= 11 is 0. The zero-order valence-electron chi connectivity index (χ0n) is 24.9. The fourth-order valence-electron chi connectivity index (χ4n) is 5.17. The maximum atomic E-state index is 6.24. The molecule has 2 aromatic carbocycles. The maximum Gasteiger partial charge on any atom is 0.144 e. The largest absolute Gasteiger partial charge is 0.496 e. The number of methoxy groups -OCH3 is 1. The highest BCUT2D eigenvalue weighted by Crippen LogP contribution is 2.43. The van der Waals surface area contributed by atoms with E-state index in [1.54, 1.807) is 7.11 Å². The Morgan fingerprint density at radius 1 is 0.947 bits per heavy atom. The second-order valence-electron chi connectivity index (χ2n) is 12.6. The molecule has 0 aliphatic carbocycles. The van der Waals surface area contributed by atoms with Gasteiger partial charge in [0.25, 0.3) is 0 Å². The molecule has 6 heteroatoms. The summed E-state index contributed by atoms with van der Waals surface area (Å²) in [6.45, 7) is 22.7. The van der Waals surface area contributed by atoms with Gasteiger partial charge in [0, 0.05) is 50.9 Å². The summed E-state index contributed by atoms with van der Waals surface area (Å²) in [6, 6.07) is 11.0. The lowest BCUT2D eigenvalue weighted by atomic mass is 9.78. The van der Waals surface area contributed by atoms with Crippen molar-refractivity contribution in [1.82, 2.24) is 19.8 Å². The third kappa shape index (κ3) is 6.35. The van der Waals surface area contributed by atoms with Crippen molar-refractivity contribution in [2.24, 2.45) is 0 Å². The minimum Gasteiger partial charge on any atom is -0.496 e. The summed E-state index contributed by atoms with van der Waals surface area (Å²) in [5, 5.41) is 3.41. The predicted octanol–water partition coefficient (Wildman–Crippen LogP) is 6.39. The molecule has 1 N–H and O–H groups in total. The van der Waals surface area contributed by atoms with Crippen LogP contribution in [0.25, 0.3) is 22.4 Å². The Morgan fingerprint density at radius 3 is 2.32 bits per heavy atom. The number of unbranched alkanes of at least 4 members (excludes halogenated alkanes) is 1. The average molecular weight is 521 g/mol. The number of imidazole rings is 1. The SMILES string of the molecule is CCCCn1c(-c2cc(C(C)(C)C)cc(C(C)(C)C)c2OC)nc2ccc(OCCN3CCNCC3)cc21. The van der Waals surface area contributed by atoms with Gasteiger partial charge >= 0.3 is 0 Å². The molecule has 0 atom stereocenters. The van der Waals surface area contributed by atoms with E-state index in [4.69, 9.17) is 14.5 Å². The summed E-state index contributed by atoms with van der Waals surface area (Å²) in [5.74, 6) is 2.80. The topological polar surface area (TPSA) is 51.6 Å². The fraction of sp³-hybridized carbons (Fsp3) is 0.594. The van der Waals surface area contributed by atoms with Crippen LogP contribution in [0.15, 0.2) is 30.3 Å². The van der Waals surface area contributed by atoms with Gasteiger partial charge in [-0.15, -0.1) is 0 Å². The summed E-state index contributed by atoms with van der Waals surface area (Å²) in [5.41, 5.74) is 5.63. The molecule has 1 aliphatic heterocycles. The molecule has 2 heterocycles. The first kappa shape index (κ1) is 28.4. The average Bonchev–Trinajstić information content (AvgIpc) is 3.23. The molecule has 0 saturated carbocycles. The van der Waals surface area contributed by atoms with Crippen molar-refractivity contribution in [3.63, 3.8) is 0 Å². The number of nitrogens with one attached hydrogen (secondary N) is 1. The number of hydrogen-bond donors (Lipinski definition) is 1. The molecule has 1 aromatic heterocycles. The van der Waals surface area contributed by atoms with Gasteiger partial charge in [0.05, 0.1) is 23.7 Å². The minimum atomic E-state index is -0.0625. The van der Waals surface area contributed by atoms with Crippen molar-refractivity contribution in [2.75, 3.05) is 46.4 Å². The lowest BCUT2D eigenvalue weighted by molar-refractivity contribution is 0.191. The first-order valence-corrected chi connectivity index (χ1v) is 14.3. The second-order valence-corrected chi connectivity index (χ2v) is 12.6. The first-order valence-electron chi connectivity index (χ1n) is 14.3. The monoisotopic (exact) mass is 520 g/mol. The molecule has 6 nitrogen and oxygen atoms in total. The van der Waals surface area contributed by atoms with Gasteiger partial charge in [-0.1, -0.05) is 61.0 Å². The van der Waals surface area contributed by atoms with Gasteiger partial charge in [0.2, 0.25) is 0 Å². The van der Waals surface area contributed by atoms with Crippen LogP contribution in [0.2, 0.25) is 0 Å². The number of aryl methyl sites for hydroxylation is 1. The standard InChI is InChI=1S/C32H48N4O2/c1-9-10-15-36-28-22-24(38-19-18-35-16-13-33-14-17-35)11-12-27(28)34-30(36)25-20-23(31(2,3)4)21-26(29(25)37-8)32(5,6)7/h11-12,20-22,33H,9-10,13-19H2,1-8H3. The number of ether oxygens (including phenoxy) is 2. The van der Waals surface area contributed by atoms with Crippen LogP contribution in [0.1, 0.15) is 72.4 Å². The number of nitrogens with zero attached hydrogens (tertiary/aromatic N) is 3. The molecule has 4 rings (SSSR count). The van der Waals surface area contributed by atoms with Crippen molar-refractivity contribution in [3.8, 4) is 22.9 Å². The molecule has 38 heavy (non-hydrogen) atoms. The molecule has 208 valence electrons. The number of rotatable bonds is 9. The normalized spacial score (nSPS) is 15.3. The highest BCUT2D eigenvalue weighted by Gasteiger charge is 2.28. The van der Waals surface area contributed by atoms with Gasteiger partial charge in [-0.2, -0.15) is 0 Å². The number of aromatic nitrogens is 2. The van der Waals surface area contributed by atoms with E-state index in [-0.39, 0.29) is 10.8 Å². The third-order valence-electron chi connectivity index (χ3n) is 7.55. The van der Waals surface area contributed by atoms with E-state index in [9.17, 15) is 0 Å². The molecule has 1 fully saturated rings. The van der Waals surface area contributed by atoms with Crippen molar-refractivity contribution < 1.29 is 9.47 Å². The van der Waals surface area contributed by atoms with Gasteiger partial charge < -0.3 is 19.4 Å². The molecule has 0 spiro atoms. The number of piperazine rings is 1. The number of hydrogen-bond acceptors (Lipinski definition) is 5. The van der Waals surface area contributed by atoms with E-state index < -0.39 is 0 Å². The molecule has 1 aliphatic rings. The second kappa shape index (κ2) is 11.7. The fourth-order valence-corrected chi connectivity index (χ4v) is 5.17. The Morgan fingerprint density at radius 2 is 1.68 bits per heavy atom. The van der Waals surface area contributed by atoms with Gasteiger partial charge in [0.1, 0.15) is 23.9 Å². The Hall–Kier alpha value is -2.57. The first-order chi connectivity index (χ1) is 18.0. The molecule has 0 unspecified atom stereocenters. The van der Waals surface area contributed by atoms with E-state index in [0.29, 0.717) is 6.61 Å². The minimum absolute atomic E-state index is 0.00666. The van der Waals surface area contributed by atoms with Gasteiger partial charge in [0.15, 0.2) is 0 Å². The lowest BCUT2D eigenvalue weighted by Gasteiger charge is -2.29. The zero-order chi connectivity index (χ0) is 27.5. The molecule has 1 saturated heterocycles. The van der Waals surface area contributed by atoms with E-state index in [1.807, 2.05) is 0 Å². The van der Waals surface area contributed by atoms with Crippen LogP contribution < -0.4 is 14.8 Å². The quantitative estimate of drug-likeness (QED) is 0.354. The summed E-state index contributed by atoms with van der Waals surface area (Å²) in [4.78, 5) is 7.66. The summed E-state index contributed by atoms with van der Waals surface area (Å²) in [6.07, 6.45) is 2.20. The highest BCUT2D eigenvalue weighted by molar-refractivity contribution is 5.84. The van der Waals surface area contributed by atoms with E-state index in [1.165, 1.54) is 11.1 Å². The Kier molecular flexibility index (Phi) is 8.73. The van der Waals surface area contributed by atoms with Crippen molar-refractivity contribution in [2.45, 2.75) is 78.7 Å². The van der Waals surface area contributed by atoms with Crippen LogP contribution in [0, 0.1) is 0 Å². The van der Waals surface area contributed by atoms with Crippen LogP contribution in [0.3, 0.4) is 0 Å². The maximum absolute atomic E-state index is 6.24. The van der Waals surface area contributed by atoms with Crippen LogP contribution in [-0.4, -0.2) is 60.9 Å². The van der Waals surface area contributed by atoms with E-state index in [0.717, 1.165) is 86.0 Å². The van der Waals surface area contributed by atoms with Crippen LogP contribution in [-0.2, 0) is 17.4 Å². The molecule has 3 aromatic rings. The molecule has 0 bridgehead atoms. The molecular formula is C32H48N4O2. The summed E-state index contributed by atoms with van der Waals surface area (Å²) < 4.78 is 14.7. The van der Waals surface area contributed by atoms with Gasteiger partial charge in [-0.05, 0) is 41.0 Å². The van der Waals surface area contributed by atoms with E-state index >= 15 is 0 Å². The van der Waals surface area contributed by atoms with Crippen LogP contribution in [0.4, 0.5) is 0 Å². The molecule has 0 radical (unpaired) electrons. The molecular weight excluding hydrogens is 472 g/mol. The van der Waals surface area contributed by atoms with Gasteiger partial charge in [-0.25, -0.2) is 4.98 Å². The smallest absolute Gasteiger partial charge is 0.144 e. The van der Waals surface area contributed by atoms with Crippen molar-refractivity contribution in [3.05, 3.63) is 41.5 Å². The van der Waals surface area contributed by atoms with Crippen molar-refractivity contribution >= 4 is 11.0 Å². The van der Waals surface area contributed by atoms with Crippen molar-refractivity contribution in [1.29, 1.82) is 0 Å². The third-order valence-corrected chi connectivity index (χ3v) is 7.55. The van der Waals surface area contributed by atoms with Gasteiger partial charge in [-0.3, -0.25) is 4.90 Å². The number of benzene rings is 2. The lowest BCUT2D eigenvalue weighted by Crippen LogP contribution is -2.44. The Balaban J connectivity index is 1.78. The highest BCUT2D eigenvalue weighted by atomic mass is 16.5. The predicted molar refractivity (Wildman–Crippen MR) is 159 cm³/mol. The Labute approximate surface area is 229 Å².